The van der Waals surface area contributed by atoms with Gasteiger partial charge in [0.2, 0.25) is 0 Å². The number of terminal acetylenes is 2. The smallest absolute Gasteiger partial charge is 0.0358 e. The first-order chi connectivity index (χ1) is 17.7. The summed E-state index contributed by atoms with van der Waals surface area (Å²) in [5, 5.41) is 0. The highest BCUT2D eigenvalue weighted by Crippen LogP contribution is 2.38. The van der Waals surface area contributed by atoms with Gasteiger partial charge < -0.3 is 0 Å². The average Bonchev–Trinajstić information content (AvgIpc) is 3.57. The van der Waals surface area contributed by atoms with Gasteiger partial charge in [0.05, 0.1) is 0 Å². The lowest BCUT2D eigenvalue weighted by Gasteiger charge is -2.09. The molecule has 36 heavy (non-hydrogen) atoms. The number of rotatable bonds is 16. The minimum atomic E-state index is 0.892. The molecule has 0 aliphatic carbocycles. The number of benzene rings is 1. The van der Waals surface area contributed by atoms with Gasteiger partial charge in [-0.25, -0.2) is 0 Å². The van der Waals surface area contributed by atoms with Crippen LogP contribution >= 0.6 is 22.7 Å². The molecule has 0 spiro atoms. The third-order valence-corrected chi connectivity index (χ3v) is 9.23. The summed E-state index contributed by atoms with van der Waals surface area (Å²) < 4.78 is 0. The van der Waals surface area contributed by atoms with Gasteiger partial charge in [0, 0.05) is 41.8 Å². The van der Waals surface area contributed by atoms with Gasteiger partial charge in [-0.3, -0.25) is 0 Å². The maximum atomic E-state index is 5.94. The van der Waals surface area contributed by atoms with Gasteiger partial charge in [-0.2, -0.15) is 0 Å². The first-order valence-corrected chi connectivity index (χ1v) is 15.6. The molecule has 0 amide bonds. The van der Waals surface area contributed by atoms with Crippen molar-refractivity contribution in [3.05, 3.63) is 57.3 Å². The van der Waals surface area contributed by atoms with Crippen molar-refractivity contribution in [1.29, 1.82) is 0 Å². The van der Waals surface area contributed by atoms with E-state index >= 15 is 0 Å². The van der Waals surface area contributed by atoms with Crippen LogP contribution in [0.2, 0.25) is 0 Å². The maximum Gasteiger partial charge on any atom is 0.0358 e. The van der Waals surface area contributed by atoms with Crippen molar-refractivity contribution < 1.29 is 0 Å². The SMILES string of the molecule is C#Cc1cc(C#C)c(-c2ccc(CCCCCCCC)s2)cc1-c1ccc(CCCCCCCC)s1. The normalized spacial score (nSPS) is 10.9. The molecule has 2 heterocycles. The van der Waals surface area contributed by atoms with Gasteiger partial charge >= 0.3 is 0 Å². The molecule has 0 aliphatic rings. The van der Waals surface area contributed by atoms with Crippen molar-refractivity contribution in [3.8, 4) is 45.6 Å². The Morgan fingerprint density at radius 1 is 0.556 bits per heavy atom. The monoisotopic (exact) mass is 514 g/mol. The van der Waals surface area contributed by atoms with Crippen molar-refractivity contribution in [3.63, 3.8) is 0 Å². The highest BCUT2D eigenvalue weighted by molar-refractivity contribution is 7.16. The van der Waals surface area contributed by atoms with Crippen LogP contribution in [0.5, 0.6) is 0 Å². The van der Waals surface area contributed by atoms with Gasteiger partial charge in [0.15, 0.2) is 0 Å². The topological polar surface area (TPSA) is 0 Å². The predicted octanol–water partition coefficient (Wildman–Crippen LogP) is 10.9. The molecule has 0 nitrogen and oxygen atoms in total. The number of hydrogen-bond acceptors (Lipinski definition) is 2. The molecule has 0 unspecified atom stereocenters. The van der Waals surface area contributed by atoms with E-state index < -0.39 is 0 Å². The van der Waals surface area contributed by atoms with Crippen molar-refractivity contribution in [2.45, 2.75) is 104 Å². The summed E-state index contributed by atoms with van der Waals surface area (Å²) in [5.41, 5.74) is 4.06. The molecule has 190 valence electrons. The summed E-state index contributed by atoms with van der Waals surface area (Å²) in [6, 6.07) is 13.3. The molecule has 1 aromatic carbocycles. The zero-order valence-electron chi connectivity index (χ0n) is 22.3. The second kappa shape index (κ2) is 15.8. The Balaban J connectivity index is 1.71. The highest BCUT2D eigenvalue weighted by Gasteiger charge is 2.14. The summed E-state index contributed by atoms with van der Waals surface area (Å²) in [5.74, 6) is 5.79. The molecule has 0 fully saturated rings. The predicted molar refractivity (Wildman–Crippen MR) is 163 cm³/mol. The largest absolute Gasteiger partial charge is 0.140 e. The van der Waals surface area contributed by atoms with E-state index in [9.17, 15) is 0 Å². The van der Waals surface area contributed by atoms with E-state index in [1.165, 1.54) is 96.6 Å². The second-order valence-corrected chi connectivity index (χ2v) is 12.1. The van der Waals surface area contributed by atoms with E-state index in [1.54, 1.807) is 0 Å². The van der Waals surface area contributed by atoms with Gasteiger partial charge in [-0.1, -0.05) is 89.9 Å². The summed E-state index contributed by atoms with van der Waals surface area (Å²) >= 11 is 3.76. The zero-order valence-corrected chi connectivity index (χ0v) is 24.0. The fourth-order valence-electron chi connectivity index (χ4n) is 4.72. The molecule has 0 N–H and O–H groups in total. The molecule has 0 atom stereocenters. The zero-order chi connectivity index (χ0) is 25.6. The summed E-state index contributed by atoms with van der Waals surface area (Å²) in [6.45, 7) is 4.54. The molecule has 0 bridgehead atoms. The fraction of sp³-hybridized carbons (Fsp3) is 0.471. The van der Waals surface area contributed by atoms with E-state index in [2.05, 4.69) is 56.0 Å². The van der Waals surface area contributed by atoms with Crippen LogP contribution in [-0.2, 0) is 12.8 Å². The van der Waals surface area contributed by atoms with Crippen molar-refractivity contribution in [1.82, 2.24) is 0 Å². The Bertz CT molecular complexity index is 1060. The van der Waals surface area contributed by atoms with E-state index in [4.69, 9.17) is 12.8 Å². The van der Waals surface area contributed by atoms with Crippen molar-refractivity contribution in [2.24, 2.45) is 0 Å². The number of thiophene rings is 2. The van der Waals surface area contributed by atoms with E-state index in [0.29, 0.717) is 0 Å². The number of aryl methyl sites for hydroxylation is 2. The van der Waals surface area contributed by atoms with Crippen LogP contribution in [0.1, 0.15) is 112 Å². The molecule has 2 aromatic heterocycles. The van der Waals surface area contributed by atoms with Crippen LogP contribution in [0.3, 0.4) is 0 Å². The third kappa shape index (κ3) is 8.40. The molecule has 0 radical (unpaired) electrons. The highest BCUT2D eigenvalue weighted by atomic mass is 32.1. The first kappa shape index (κ1) is 28.3. The van der Waals surface area contributed by atoms with Crippen LogP contribution in [0, 0.1) is 24.7 Å². The van der Waals surface area contributed by atoms with Gasteiger partial charge in [0.1, 0.15) is 0 Å². The van der Waals surface area contributed by atoms with Crippen molar-refractivity contribution >= 4 is 22.7 Å². The van der Waals surface area contributed by atoms with Crippen LogP contribution in [0.25, 0.3) is 20.9 Å². The van der Waals surface area contributed by atoms with Crippen LogP contribution in [0.4, 0.5) is 0 Å². The molecule has 3 aromatic rings. The Labute approximate surface area is 228 Å². The first-order valence-electron chi connectivity index (χ1n) is 14.0. The van der Waals surface area contributed by atoms with Crippen LogP contribution < -0.4 is 0 Å². The molecular formula is C34H42S2. The molecule has 2 heteroatoms. The quantitative estimate of drug-likeness (QED) is 0.132. The van der Waals surface area contributed by atoms with E-state index in [1.807, 2.05) is 28.7 Å². The fourth-order valence-corrected chi connectivity index (χ4v) is 6.88. The molecular weight excluding hydrogens is 473 g/mol. The minimum Gasteiger partial charge on any atom is -0.140 e. The maximum absolute atomic E-state index is 5.94. The van der Waals surface area contributed by atoms with Gasteiger partial charge in [-0.15, -0.1) is 35.5 Å². The van der Waals surface area contributed by atoms with E-state index in [-0.39, 0.29) is 0 Å². The Morgan fingerprint density at radius 2 is 0.972 bits per heavy atom. The Morgan fingerprint density at radius 3 is 1.39 bits per heavy atom. The second-order valence-electron chi connectivity index (χ2n) is 9.80. The van der Waals surface area contributed by atoms with Crippen LogP contribution in [0.15, 0.2) is 36.4 Å². The van der Waals surface area contributed by atoms with Crippen molar-refractivity contribution in [2.75, 3.05) is 0 Å². The van der Waals surface area contributed by atoms with E-state index in [0.717, 1.165) is 35.1 Å². The lowest BCUT2D eigenvalue weighted by atomic mass is 9.97. The molecule has 0 saturated heterocycles. The third-order valence-electron chi connectivity index (χ3n) is 6.88. The molecule has 0 saturated carbocycles. The number of unbranched alkanes of at least 4 members (excludes halogenated alkanes) is 10. The standard InChI is InChI=1S/C34H42S2/c1-5-9-11-13-15-17-19-29-21-23-33(35-29)31-26-32(28(8-4)25-27(31)7-3)34-24-22-30(36-34)20-18-16-14-12-10-6-2/h3-4,21-26H,5-6,9-20H2,1-2H3. The lowest BCUT2D eigenvalue weighted by Crippen LogP contribution is -1.89. The Hall–Kier alpha value is -2.26. The van der Waals surface area contributed by atoms with Gasteiger partial charge in [-0.05, 0) is 62.1 Å². The van der Waals surface area contributed by atoms with Crippen LogP contribution in [-0.4, -0.2) is 0 Å². The lowest BCUT2D eigenvalue weighted by molar-refractivity contribution is 0.609. The Kier molecular flexibility index (Phi) is 12.4. The van der Waals surface area contributed by atoms with Gasteiger partial charge in [0.25, 0.3) is 0 Å². The summed E-state index contributed by atoms with van der Waals surface area (Å²) in [4.78, 5) is 5.39. The average molecular weight is 515 g/mol. The summed E-state index contributed by atoms with van der Waals surface area (Å²) in [6.07, 6.45) is 30.1. The minimum absolute atomic E-state index is 0.892. The molecule has 0 aliphatic heterocycles. The summed E-state index contributed by atoms with van der Waals surface area (Å²) in [7, 11) is 0. The molecule has 3 rings (SSSR count). The number of hydrogen-bond donors (Lipinski definition) is 0.